The Balaban J connectivity index is 2.08. The van der Waals surface area contributed by atoms with E-state index < -0.39 is 0 Å². The first-order valence-electron chi connectivity index (χ1n) is 7.39. The molecule has 21 heavy (non-hydrogen) atoms. The van der Waals surface area contributed by atoms with Crippen LogP contribution in [0.1, 0.15) is 30.9 Å². The third kappa shape index (κ3) is 5.35. The molecular formula is C18H21Cl2N. The predicted molar refractivity (Wildman–Crippen MR) is 91.9 cm³/mol. The van der Waals surface area contributed by atoms with Crippen molar-refractivity contribution < 1.29 is 0 Å². The van der Waals surface area contributed by atoms with Crippen LogP contribution >= 0.6 is 23.2 Å². The van der Waals surface area contributed by atoms with Gasteiger partial charge in [-0.25, -0.2) is 0 Å². The number of benzene rings is 2. The highest BCUT2D eigenvalue weighted by Crippen LogP contribution is 2.23. The molecule has 0 spiro atoms. The summed E-state index contributed by atoms with van der Waals surface area (Å²) >= 11 is 12.3. The summed E-state index contributed by atoms with van der Waals surface area (Å²) in [6, 6.07) is 16.3. The van der Waals surface area contributed by atoms with Gasteiger partial charge in [0.25, 0.3) is 0 Å². The van der Waals surface area contributed by atoms with Gasteiger partial charge in [-0.2, -0.15) is 0 Å². The van der Waals surface area contributed by atoms with Crippen LogP contribution in [0.25, 0.3) is 0 Å². The molecule has 0 fully saturated rings. The summed E-state index contributed by atoms with van der Waals surface area (Å²) in [5.41, 5.74) is 2.46. The number of unbranched alkanes of at least 4 members (excludes halogenated alkanes) is 1. The zero-order chi connectivity index (χ0) is 15.1. The van der Waals surface area contributed by atoms with Crippen molar-refractivity contribution in [3.63, 3.8) is 0 Å². The monoisotopic (exact) mass is 321 g/mol. The van der Waals surface area contributed by atoms with E-state index in [1.807, 2.05) is 18.2 Å². The van der Waals surface area contributed by atoms with Gasteiger partial charge in [0.15, 0.2) is 0 Å². The van der Waals surface area contributed by atoms with E-state index in [-0.39, 0.29) is 0 Å². The SMILES string of the molecule is CCCCN(Cc1ccccc1)Cc1ccc(Cl)cc1Cl. The minimum atomic E-state index is 0.687. The Morgan fingerprint density at radius 3 is 2.38 bits per heavy atom. The lowest BCUT2D eigenvalue weighted by Crippen LogP contribution is -2.24. The lowest BCUT2D eigenvalue weighted by molar-refractivity contribution is 0.252. The second-order valence-corrected chi connectivity index (χ2v) is 6.13. The second kappa shape index (κ2) is 8.43. The summed E-state index contributed by atoms with van der Waals surface area (Å²) in [6.45, 7) is 5.09. The van der Waals surface area contributed by atoms with Crippen LogP contribution in [0.4, 0.5) is 0 Å². The molecule has 0 saturated heterocycles. The summed E-state index contributed by atoms with van der Waals surface area (Å²) in [5, 5.41) is 1.43. The number of rotatable bonds is 7. The number of halogens is 2. The van der Waals surface area contributed by atoms with E-state index in [0.29, 0.717) is 5.02 Å². The van der Waals surface area contributed by atoms with Crippen molar-refractivity contribution in [1.29, 1.82) is 0 Å². The Labute approximate surface area is 137 Å². The normalized spacial score (nSPS) is 11.0. The molecule has 2 aromatic rings. The molecule has 0 unspecified atom stereocenters. The van der Waals surface area contributed by atoms with Crippen molar-refractivity contribution in [2.75, 3.05) is 6.54 Å². The van der Waals surface area contributed by atoms with Crippen LogP contribution in [0, 0.1) is 0 Å². The van der Waals surface area contributed by atoms with Crippen LogP contribution in [-0.2, 0) is 13.1 Å². The van der Waals surface area contributed by atoms with E-state index in [1.165, 1.54) is 18.4 Å². The van der Waals surface area contributed by atoms with Crippen molar-refractivity contribution >= 4 is 23.2 Å². The lowest BCUT2D eigenvalue weighted by atomic mass is 10.1. The van der Waals surface area contributed by atoms with Gasteiger partial charge in [0, 0.05) is 23.1 Å². The third-order valence-corrected chi connectivity index (χ3v) is 4.07. The fourth-order valence-electron chi connectivity index (χ4n) is 2.33. The fourth-order valence-corrected chi connectivity index (χ4v) is 2.80. The van der Waals surface area contributed by atoms with Gasteiger partial charge in [-0.15, -0.1) is 0 Å². The van der Waals surface area contributed by atoms with Crippen LogP contribution < -0.4 is 0 Å². The van der Waals surface area contributed by atoms with E-state index >= 15 is 0 Å². The Bertz CT molecular complexity index is 554. The molecule has 3 heteroatoms. The first kappa shape index (κ1) is 16.4. The molecule has 0 aromatic heterocycles. The average Bonchev–Trinajstić information content (AvgIpc) is 2.48. The Hall–Kier alpha value is -1.02. The molecule has 0 N–H and O–H groups in total. The predicted octanol–water partition coefficient (Wildman–Crippen LogP) is 5.80. The lowest BCUT2D eigenvalue weighted by Gasteiger charge is -2.23. The highest BCUT2D eigenvalue weighted by atomic mass is 35.5. The average molecular weight is 322 g/mol. The second-order valence-electron chi connectivity index (χ2n) is 5.29. The molecule has 0 aliphatic carbocycles. The van der Waals surface area contributed by atoms with Crippen molar-refractivity contribution in [2.45, 2.75) is 32.9 Å². The first-order valence-corrected chi connectivity index (χ1v) is 8.15. The maximum absolute atomic E-state index is 6.30. The summed E-state index contributed by atoms with van der Waals surface area (Å²) < 4.78 is 0. The first-order chi connectivity index (χ1) is 10.2. The van der Waals surface area contributed by atoms with Crippen LogP contribution in [0.2, 0.25) is 10.0 Å². The van der Waals surface area contributed by atoms with Gasteiger partial charge in [0.05, 0.1) is 0 Å². The molecule has 0 bridgehead atoms. The van der Waals surface area contributed by atoms with Gasteiger partial charge < -0.3 is 0 Å². The van der Waals surface area contributed by atoms with Gasteiger partial charge in [-0.3, -0.25) is 4.90 Å². The van der Waals surface area contributed by atoms with Crippen LogP contribution in [-0.4, -0.2) is 11.4 Å². The van der Waals surface area contributed by atoms with E-state index in [1.54, 1.807) is 0 Å². The van der Waals surface area contributed by atoms with E-state index in [0.717, 1.165) is 30.2 Å². The Kier molecular flexibility index (Phi) is 6.56. The fraction of sp³-hybridized carbons (Fsp3) is 0.333. The standard InChI is InChI=1S/C18H21Cl2N/c1-2-3-11-21(13-15-7-5-4-6-8-15)14-16-9-10-17(19)12-18(16)20/h4-10,12H,2-3,11,13-14H2,1H3. The maximum Gasteiger partial charge on any atom is 0.0465 e. The quantitative estimate of drug-likeness (QED) is 0.623. The molecule has 0 heterocycles. The summed E-state index contributed by atoms with van der Waals surface area (Å²) in [6.07, 6.45) is 2.39. The van der Waals surface area contributed by atoms with E-state index in [9.17, 15) is 0 Å². The molecule has 0 amide bonds. The minimum absolute atomic E-state index is 0.687. The van der Waals surface area contributed by atoms with Gasteiger partial charge in [-0.05, 0) is 36.2 Å². The molecule has 0 aliphatic rings. The molecule has 112 valence electrons. The van der Waals surface area contributed by atoms with Gasteiger partial charge >= 0.3 is 0 Å². The molecule has 2 aromatic carbocycles. The van der Waals surface area contributed by atoms with Crippen molar-refractivity contribution in [2.24, 2.45) is 0 Å². The van der Waals surface area contributed by atoms with Crippen molar-refractivity contribution in [3.05, 3.63) is 69.7 Å². The largest absolute Gasteiger partial charge is 0.295 e. The van der Waals surface area contributed by atoms with Gasteiger partial charge in [0.1, 0.15) is 0 Å². The van der Waals surface area contributed by atoms with E-state index in [2.05, 4.69) is 42.2 Å². The van der Waals surface area contributed by atoms with Crippen molar-refractivity contribution in [1.82, 2.24) is 4.90 Å². The summed E-state index contributed by atoms with van der Waals surface area (Å²) in [5.74, 6) is 0. The van der Waals surface area contributed by atoms with Gasteiger partial charge in [-0.1, -0.05) is 72.9 Å². The molecular weight excluding hydrogens is 301 g/mol. The topological polar surface area (TPSA) is 3.24 Å². The molecule has 0 radical (unpaired) electrons. The maximum atomic E-state index is 6.30. The van der Waals surface area contributed by atoms with E-state index in [4.69, 9.17) is 23.2 Å². The molecule has 0 aliphatic heterocycles. The molecule has 2 rings (SSSR count). The van der Waals surface area contributed by atoms with Crippen molar-refractivity contribution in [3.8, 4) is 0 Å². The smallest absolute Gasteiger partial charge is 0.0465 e. The minimum Gasteiger partial charge on any atom is -0.295 e. The summed E-state index contributed by atoms with van der Waals surface area (Å²) in [4.78, 5) is 2.44. The summed E-state index contributed by atoms with van der Waals surface area (Å²) in [7, 11) is 0. The third-order valence-electron chi connectivity index (χ3n) is 3.49. The van der Waals surface area contributed by atoms with Crippen LogP contribution in [0.15, 0.2) is 48.5 Å². The number of hydrogen-bond donors (Lipinski definition) is 0. The Morgan fingerprint density at radius 2 is 1.71 bits per heavy atom. The number of hydrogen-bond acceptors (Lipinski definition) is 1. The van der Waals surface area contributed by atoms with Gasteiger partial charge in [0.2, 0.25) is 0 Å². The Morgan fingerprint density at radius 1 is 0.952 bits per heavy atom. The highest BCUT2D eigenvalue weighted by Gasteiger charge is 2.09. The zero-order valence-electron chi connectivity index (χ0n) is 12.4. The van der Waals surface area contributed by atoms with Crippen LogP contribution in [0.3, 0.4) is 0 Å². The zero-order valence-corrected chi connectivity index (χ0v) is 13.9. The van der Waals surface area contributed by atoms with Crippen LogP contribution in [0.5, 0.6) is 0 Å². The molecule has 1 nitrogen and oxygen atoms in total. The highest BCUT2D eigenvalue weighted by molar-refractivity contribution is 6.35. The molecule has 0 atom stereocenters. The number of nitrogens with zero attached hydrogens (tertiary/aromatic N) is 1. The molecule has 0 saturated carbocycles.